The smallest absolute Gasteiger partial charge is 0.270 e. The molecule has 2 heterocycles. The molecule has 0 atom stereocenters. The molecule has 0 aliphatic carbocycles. The molecule has 0 bridgehead atoms. The Hall–Kier alpha value is -3.42. The zero-order valence-electron chi connectivity index (χ0n) is 15.7. The van der Waals surface area contributed by atoms with E-state index in [-0.39, 0.29) is 10.7 Å². The van der Waals surface area contributed by atoms with Crippen LogP contribution in [0.4, 0.5) is 5.69 Å². The van der Waals surface area contributed by atoms with Gasteiger partial charge < -0.3 is 9.15 Å². The Labute approximate surface area is 182 Å². The van der Waals surface area contributed by atoms with Gasteiger partial charge in [0, 0.05) is 10.6 Å². The van der Waals surface area contributed by atoms with E-state index in [4.69, 9.17) is 33.0 Å². The number of ether oxygens (including phenoxy) is 1. The number of methoxy groups -OCH3 is 1. The van der Waals surface area contributed by atoms with Gasteiger partial charge in [-0.15, -0.1) is 0 Å². The number of nitrogens with zero attached hydrogens (tertiary/aromatic N) is 1. The fraction of sp³-hybridized carbons (Fsp3) is 0.0455. The molecular weight excluding hydrogens is 424 g/mol. The number of anilines is 1. The molecule has 0 saturated carbocycles. The van der Waals surface area contributed by atoms with Crippen molar-refractivity contribution in [1.82, 2.24) is 5.32 Å². The van der Waals surface area contributed by atoms with Gasteiger partial charge >= 0.3 is 0 Å². The Bertz CT molecular complexity index is 1170. The molecule has 2 aromatic carbocycles. The van der Waals surface area contributed by atoms with Crippen molar-refractivity contribution in [2.75, 3.05) is 12.0 Å². The first-order valence-corrected chi connectivity index (χ1v) is 9.66. The number of amides is 2. The van der Waals surface area contributed by atoms with E-state index in [0.717, 1.165) is 5.56 Å². The van der Waals surface area contributed by atoms with Gasteiger partial charge in [-0.1, -0.05) is 11.6 Å². The van der Waals surface area contributed by atoms with Crippen LogP contribution in [0.1, 0.15) is 5.76 Å². The zero-order chi connectivity index (χ0) is 21.3. The zero-order valence-corrected chi connectivity index (χ0v) is 17.3. The molecule has 3 aromatic rings. The maximum absolute atomic E-state index is 13.0. The van der Waals surface area contributed by atoms with E-state index in [1.54, 1.807) is 55.6 Å². The fourth-order valence-corrected chi connectivity index (χ4v) is 3.37. The highest BCUT2D eigenvalue weighted by Crippen LogP contribution is 2.27. The van der Waals surface area contributed by atoms with Crippen molar-refractivity contribution in [2.45, 2.75) is 0 Å². The van der Waals surface area contributed by atoms with Crippen LogP contribution in [0.3, 0.4) is 0 Å². The maximum Gasteiger partial charge on any atom is 0.270 e. The lowest BCUT2D eigenvalue weighted by Crippen LogP contribution is -2.54. The number of nitrogens with one attached hydrogen (secondary N) is 1. The summed E-state index contributed by atoms with van der Waals surface area (Å²) in [6, 6.07) is 17.4. The van der Waals surface area contributed by atoms with E-state index in [1.165, 1.54) is 11.0 Å². The average molecular weight is 439 g/mol. The summed E-state index contributed by atoms with van der Waals surface area (Å²) in [5.74, 6) is 0.461. The Morgan fingerprint density at radius 2 is 1.73 bits per heavy atom. The Balaban J connectivity index is 1.65. The van der Waals surface area contributed by atoms with Crippen LogP contribution in [-0.2, 0) is 9.59 Å². The Kier molecular flexibility index (Phi) is 5.39. The number of carbonyl (C=O) groups is 2. The average Bonchev–Trinajstić information content (AvgIpc) is 3.21. The summed E-state index contributed by atoms with van der Waals surface area (Å²) in [5, 5.41) is 3.17. The first kappa shape index (κ1) is 19.9. The molecule has 0 radical (unpaired) electrons. The number of carbonyl (C=O) groups excluding carboxylic acids is 2. The minimum absolute atomic E-state index is 0.00798. The van der Waals surface area contributed by atoms with Gasteiger partial charge in [-0.25, -0.2) is 0 Å². The molecule has 1 aliphatic heterocycles. The number of halogens is 1. The standard InChI is InChI=1S/C22H15ClN2O4S/c1-28-16-8-6-15(7-9-16)25-21(27)18(20(26)24-22(25)30)12-17-10-11-19(29-17)13-2-4-14(23)5-3-13/h2-12H,1H3,(H,24,26,30)/b18-12+. The van der Waals surface area contributed by atoms with Gasteiger partial charge in [0.1, 0.15) is 22.8 Å². The van der Waals surface area contributed by atoms with Crippen molar-refractivity contribution in [3.8, 4) is 17.1 Å². The molecule has 0 spiro atoms. The number of hydrogen-bond donors (Lipinski definition) is 1. The van der Waals surface area contributed by atoms with Crippen LogP contribution in [0.5, 0.6) is 5.75 Å². The van der Waals surface area contributed by atoms with Gasteiger partial charge in [0.05, 0.1) is 12.8 Å². The third-order valence-corrected chi connectivity index (χ3v) is 5.01. The summed E-state index contributed by atoms with van der Waals surface area (Å²) in [4.78, 5) is 26.7. The summed E-state index contributed by atoms with van der Waals surface area (Å²) in [6.45, 7) is 0. The maximum atomic E-state index is 13.0. The molecule has 1 aliphatic rings. The van der Waals surface area contributed by atoms with Crippen LogP contribution in [0, 0.1) is 0 Å². The minimum Gasteiger partial charge on any atom is -0.497 e. The van der Waals surface area contributed by atoms with E-state index in [1.807, 2.05) is 12.1 Å². The Morgan fingerprint density at radius 1 is 1.03 bits per heavy atom. The highest BCUT2D eigenvalue weighted by atomic mass is 35.5. The normalized spacial score (nSPS) is 15.5. The first-order chi connectivity index (χ1) is 14.5. The third-order valence-electron chi connectivity index (χ3n) is 4.47. The number of hydrogen-bond acceptors (Lipinski definition) is 5. The second-order valence-corrected chi connectivity index (χ2v) is 7.19. The molecule has 150 valence electrons. The molecule has 1 saturated heterocycles. The van der Waals surface area contributed by atoms with Gasteiger partial charge in [-0.3, -0.25) is 19.8 Å². The van der Waals surface area contributed by atoms with E-state index in [2.05, 4.69) is 5.32 Å². The van der Waals surface area contributed by atoms with Crippen molar-refractivity contribution >= 4 is 52.5 Å². The summed E-state index contributed by atoms with van der Waals surface area (Å²) in [6.07, 6.45) is 1.40. The number of furan rings is 1. The van der Waals surface area contributed by atoms with Gasteiger partial charge in [-0.05, 0) is 79.0 Å². The molecule has 2 amide bonds. The van der Waals surface area contributed by atoms with Gasteiger partial charge in [0.25, 0.3) is 11.8 Å². The quantitative estimate of drug-likeness (QED) is 0.370. The van der Waals surface area contributed by atoms with Crippen molar-refractivity contribution in [3.63, 3.8) is 0 Å². The minimum atomic E-state index is -0.584. The predicted octanol–water partition coefficient (Wildman–Crippen LogP) is 4.44. The van der Waals surface area contributed by atoms with Gasteiger partial charge in [0.15, 0.2) is 5.11 Å². The second-order valence-electron chi connectivity index (χ2n) is 6.36. The van der Waals surface area contributed by atoms with Crippen LogP contribution in [-0.4, -0.2) is 24.0 Å². The fourth-order valence-electron chi connectivity index (χ4n) is 2.97. The summed E-state index contributed by atoms with van der Waals surface area (Å²) < 4.78 is 10.9. The van der Waals surface area contributed by atoms with Crippen molar-refractivity contribution in [3.05, 3.63) is 77.0 Å². The van der Waals surface area contributed by atoms with E-state index in [9.17, 15) is 9.59 Å². The van der Waals surface area contributed by atoms with Crippen LogP contribution < -0.4 is 15.0 Å². The molecular formula is C22H15ClN2O4S. The lowest BCUT2D eigenvalue weighted by atomic mass is 10.1. The number of thiocarbonyl (C=S) groups is 1. The second kappa shape index (κ2) is 8.14. The lowest BCUT2D eigenvalue weighted by molar-refractivity contribution is -0.122. The summed E-state index contributed by atoms with van der Waals surface area (Å²) in [5.41, 5.74) is 1.25. The molecule has 1 aromatic heterocycles. The SMILES string of the molecule is COc1ccc(N2C(=O)/C(=C/c3ccc(-c4ccc(Cl)cc4)o3)C(=O)NC2=S)cc1. The highest BCUT2D eigenvalue weighted by molar-refractivity contribution is 7.80. The van der Waals surface area contributed by atoms with Gasteiger partial charge in [-0.2, -0.15) is 0 Å². The predicted molar refractivity (Wildman–Crippen MR) is 118 cm³/mol. The third kappa shape index (κ3) is 3.85. The molecule has 4 rings (SSSR count). The van der Waals surface area contributed by atoms with Crippen LogP contribution in [0.2, 0.25) is 5.02 Å². The van der Waals surface area contributed by atoms with Crippen molar-refractivity contribution in [2.24, 2.45) is 0 Å². The van der Waals surface area contributed by atoms with E-state index < -0.39 is 11.8 Å². The monoisotopic (exact) mass is 438 g/mol. The van der Waals surface area contributed by atoms with Crippen LogP contribution in [0.15, 0.2) is 70.7 Å². The number of rotatable bonds is 4. The highest BCUT2D eigenvalue weighted by Gasteiger charge is 2.34. The van der Waals surface area contributed by atoms with Gasteiger partial charge in [0.2, 0.25) is 0 Å². The first-order valence-electron chi connectivity index (χ1n) is 8.87. The summed E-state index contributed by atoms with van der Waals surface area (Å²) >= 11 is 11.1. The lowest BCUT2D eigenvalue weighted by Gasteiger charge is -2.28. The molecule has 8 heteroatoms. The molecule has 1 N–H and O–H groups in total. The molecule has 1 fully saturated rings. The molecule has 0 unspecified atom stereocenters. The largest absolute Gasteiger partial charge is 0.497 e. The molecule has 6 nitrogen and oxygen atoms in total. The van der Waals surface area contributed by atoms with E-state index >= 15 is 0 Å². The Morgan fingerprint density at radius 3 is 2.40 bits per heavy atom. The van der Waals surface area contributed by atoms with E-state index in [0.29, 0.717) is 28.0 Å². The summed E-state index contributed by atoms with van der Waals surface area (Å²) in [7, 11) is 1.55. The van der Waals surface area contributed by atoms with Crippen molar-refractivity contribution in [1.29, 1.82) is 0 Å². The van der Waals surface area contributed by atoms with Crippen LogP contribution >= 0.6 is 23.8 Å². The van der Waals surface area contributed by atoms with Crippen LogP contribution in [0.25, 0.3) is 17.4 Å². The number of benzene rings is 2. The van der Waals surface area contributed by atoms with Crippen molar-refractivity contribution < 1.29 is 18.7 Å². The topological polar surface area (TPSA) is 71.8 Å². The molecule has 30 heavy (non-hydrogen) atoms.